The van der Waals surface area contributed by atoms with E-state index >= 15 is 0 Å². The third-order valence-electron chi connectivity index (χ3n) is 1.72. The molecule has 0 aliphatic carbocycles. The molecule has 0 saturated heterocycles. The molecule has 0 bridgehead atoms. The molecule has 68 valence electrons. The second-order valence-corrected chi connectivity index (χ2v) is 3.79. The normalized spacial score (nSPS) is 10.6. The van der Waals surface area contributed by atoms with E-state index in [0.29, 0.717) is 11.0 Å². The fourth-order valence-corrected chi connectivity index (χ4v) is 1.63. The molecule has 0 N–H and O–H groups in total. The molecule has 14 heavy (non-hydrogen) atoms. The molecule has 0 unspecified atom stereocenters. The van der Waals surface area contributed by atoms with E-state index in [1.807, 2.05) is 0 Å². The molecule has 0 aliphatic rings. The summed E-state index contributed by atoms with van der Waals surface area (Å²) in [6.07, 6.45) is 2.85. The van der Waals surface area contributed by atoms with E-state index in [2.05, 4.69) is 21.6 Å². The first-order chi connectivity index (χ1) is 6.72. The van der Waals surface area contributed by atoms with Gasteiger partial charge in [0.1, 0.15) is 0 Å². The van der Waals surface area contributed by atoms with Crippen molar-refractivity contribution in [2.75, 3.05) is 0 Å². The molecule has 0 fully saturated rings. The van der Waals surface area contributed by atoms with Crippen LogP contribution in [0.1, 0.15) is 0 Å². The predicted molar refractivity (Wildman–Crippen MR) is 59.8 cm³/mol. The predicted octanol–water partition coefficient (Wildman–Crippen LogP) is 0.660. The fourth-order valence-electron chi connectivity index (χ4n) is 1.06. The van der Waals surface area contributed by atoms with Crippen molar-refractivity contribution in [3.63, 3.8) is 0 Å². The van der Waals surface area contributed by atoms with E-state index in [1.165, 1.54) is 17.1 Å². The van der Waals surface area contributed by atoms with Crippen LogP contribution >= 0.6 is 22.5 Å². The SMILES string of the molecule is [B]n1cnc2ncc(SS)cc2c1=O. The smallest absolute Gasteiger partial charge is 0.249 e. The minimum Gasteiger partial charge on any atom is -0.356 e. The number of nitrogens with zero attached hydrogens (tertiary/aromatic N) is 3. The summed E-state index contributed by atoms with van der Waals surface area (Å²) in [7, 11) is 6.58. The molecule has 0 atom stereocenters. The van der Waals surface area contributed by atoms with Crippen molar-refractivity contribution in [3.05, 3.63) is 28.9 Å². The summed E-state index contributed by atoms with van der Waals surface area (Å²) in [4.78, 5) is 20.2. The molecule has 0 saturated carbocycles. The summed E-state index contributed by atoms with van der Waals surface area (Å²) in [6.45, 7) is 0. The van der Waals surface area contributed by atoms with Crippen LogP contribution in [0.15, 0.2) is 28.3 Å². The highest BCUT2D eigenvalue weighted by Crippen LogP contribution is 2.21. The van der Waals surface area contributed by atoms with E-state index in [1.54, 1.807) is 12.3 Å². The van der Waals surface area contributed by atoms with Gasteiger partial charge in [0, 0.05) is 11.1 Å². The number of aromatic nitrogens is 3. The first kappa shape index (κ1) is 9.60. The van der Waals surface area contributed by atoms with Crippen molar-refractivity contribution in [2.24, 2.45) is 0 Å². The topological polar surface area (TPSA) is 47.8 Å². The molecule has 0 spiro atoms. The summed E-state index contributed by atoms with van der Waals surface area (Å²) in [5.74, 6) is 0. The van der Waals surface area contributed by atoms with Gasteiger partial charge in [-0.1, -0.05) is 10.8 Å². The molecule has 2 aromatic rings. The molecule has 2 heterocycles. The lowest BCUT2D eigenvalue weighted by atomic mass is 10.3. The second-order valence-electron chi connectivity index (χ2n) is 2.59. The summed E-state index contributed by atoms with van der Waals surface area (Å²) in [6, 6.07) is 1.67. The van der Waals surface area contributed by atoms with Crippen LogP contribution in [0.4, 0.5) is 0 Å². The van der Waals surface area contributed by atoms with Crippen LogP contribution in [0.5, 0.6) is 0 Å². The van der Waals surface area contributed by atoms with Crippen LogP contribution in [0.2, 0.25) is 0 Å². The van der Waals surface area contributed by atoms with Crippen LogP contribution in [-0.2, 0) is 0 Å². The van der Waals surface area contributed by atoms with Gasteiger partial charge in [-0.3, -0.25) is 4.79 Å². The molecule has 7 heteroatoms. The number of hydrogen-bond donors (Lipinski definition) is 1. The number of rotatable bonds is 1. The average molecular weight is 221 g/mol. The summed E-state index contributed by atoms with van der Waals surface area (Å²) >= 11 is 4.01. The van der Waals surface area contributed by atoms with Gasteiger partial charge in [-0.2, -0.15) is 0 Å². The van der Waals surface area contributed by atoms with Crippen molar-refractivity contribution in [1.29, 1.82) is 0 Å². The van der Waals surface area contributed by atoms with Crippen LogP contribution in [0.3, 0.4) is 0 Å². The van der Waals surface area contributed by atoms with Crippen molar-refractivity contribution < 1.29 is 0 Å². The van der Waals surface area contributed by atoms with E-state index in [9.17, 15) is 4.79 Å². The van der Waals surface area contributed by atoms with Gasteiger partial charge in [0.15, 0.2) is 5.65 Å². The molecule has 4 nitrogen and oxygen atoms in total. The van der Waals surface area contributed by atoms with Gasteiger partial charge >= 0.3 is 0 Å². The molecular formula is C7H4BN3OS2. The first-order valence-corrected chi connectivity index (χ1v) is 5.53. The molecular weight excluding hydrogens is 217 g/mol. The molecule has 0 aliphatic heterocycles. The molecule has 2 radical (unpaired) electrons. The van der Waals surface area contributed by atoms with Crippen LogP contribution in [0, 0.1) is 0 Å². The minimum atomic E-state index is -0.313. The number of thiol groups is 1. The number of hydrogen-bond acceptors (Lipinski definition) is 5. The first-order valence-electron chi connectivity index (χ1n) is 3.66. The van der Waals surface area contributed by atoms with Gasteiger partial charge in [-0.05, 0) is 6.07 Å². The van der Waals surface area contributed by atoms with Gasteiger partial charge in [0.25, 0.3) is 0 Å². The van der Waals surface area contributed by atoms with E-state index in [0.717, 1.165) is 9.37 Å². The lowest BCUT2D eigenvalue weighted by Crippen LogP contribution is -2.18. The molecule has 0 amide bonds. The van der Waals surface area contributed by atoms with Crippen molar-refractivity contribution >= 4 is 41.5 Å². The summed E-state index contributed by atoms with van der Waals surface area (Å²) in [5.41, 5.74) is 0.0783. The van der Waals surface area contributed by atoms with Crippen LogP contribution in [-0.4, -0.2) is 22.4 Å². The Kier molecular flexibility index (Phi) is 2.51. The lowest BCUT2D eigenvalue weighted by Gasteiger charge is -2.00. The Morgan fingerprint density at radius 1 is 1.50 bits per heavy atom. The number of pyridine rings is 1. The zero-order valence-corrected chi connectivity index (χ0v) is 8.63. The lowest BCUT2D eigenvalue weighted by molar-refractivity contribution is 1.06. The van der Waals surface area contributed by atoms with Gasteiger partial charge in [0.2, 0.25) is 13.5 Å². The third-order valence-corrected chi connectivity index (χ3v) is 2.78. The Morgan fingerprint density at radius 2 is 2.29 bits per heavy atom. The highest BCUT2D eigenvalue weighted by atomic mass is 33.1. The van der Waals surface area contributed by atoms with Crippen molar-refractivity contribution in [1.82, 2.24) is 14.4 Å². The zero-order valence-electron chi connectivity index (χ0n) is 6.91. The Labute approximate surface area is 90.0 Å². The number of fused-ring (bicyclic) bond motifs is 1. The maximum atomic E-state index is 11.5. The van der Waals surface area contributed by atoms with Gasteiger partial charge in [0.05, 0.1) is 11.7 Å². The maximum absolute atomic E-state index is 11.5. The monoisotopic (exact) mass is 221 g/mol. The Bertz CT molecular complexity index is 542. The third kappa shape index (κ3) is 1.53. The zero-order chi connectivity index (χ0) is 10.1. The van der Waals surface area contributed by atoms with Crippen LogP contribution in [0.25, 0.3) is 11.0 Å². The van der Waals surface area contributed by atoms with Crippen molar-refractivity contribution in [3.8, 4) is 0 Å². The van der Waals surface area contributed by atoms with Gasteiger partial charge in [-0.25, -0.2) is 9.97 Å². The van der Waals surface area contributed by atoms with Crippen LogP contribution < -0.4 is 5.56 Å². The Balaban J connectivity index is 2.85. The van der Waals surface area contributed by atoms with Gasteiger partial charge < -0.3 is 4.48 Å². The Hall–Kier alpha value is -0.945. The second kappa shape index (κ2) is 3.66. The average Bonchev–Trinajstić information content (AvgIpc) is 2.23. The molecule has 2 rings (SSSR count). The van der Waals surface area contributed by atoms with Gasteiger partial charge in [-0.15, -0.1) is 11.7 Å². The van der Waals surface area contributed by atoms with E-state index < -0.39 is 0 Å². The standard InChI is InChI=1S/C7H4BN3OS2/c8-11-3-10-6-5(7(11)12)1-4(14-13)2-9-6/h1-3,13H. The van der Waals surface area contributed by atoms with E-state index in [4.69, 9.17) is 7.98 Å². The minimum absolute atomic E-state index is 0.313. The quantitative estimate of drug-likeness (QED) is 0.436. The highest BCUT2D eigenvalue weighted by molar-refractivity contribution is 8.68. The molecule has 2 aromatic heterocycles. The molecule has 0 aromatic carbocycles. The fraction of sp³-hybridized carbons (Fsp3) is 0. The highest BCUT2D eigenvalue weighted by Gasteiger charge is 2.03. The Morgan fingerprint density at radius 3 is 3.00 bits per heavy atom. The van der Waals surface area contributed by atoms with Crippen molar-refractivity contribution in [2.45, 2.75) is 4.90 Å². The maximum Gasteiger partial charge on any atom is 0.249 e. The van der Waals surface area contributed by atoms with E-state index in [-0.39, 0.29) is 5.56 Å². The largest absolute Gasteiger partial charge is 0.356 e. The summed E-state index contributed by atoms with van der Waals surface area (Å²) < 4.78 is 0.928. The summed E-state index contributed by atoms with van der Waals surface area (Å²) in [5, 5.41) is 0.397.